The predicted molar refractivity (Wildman–Crippen MR) is 98.6 cm³/mol. The van der Waals surface area contributed by atoms with Gasteiger partial charge in [-0.25, -0.2) is 13.1 Å². The minimum atomic E-state index is -3.20. The maximum absolute atomic E-state index is 11.8. The summed E-state index contributed by atoms with van der Waals surface area (Å²) in [5.41, 5.74) is 2.19. The highest BCUT2D eigenvalue weighted by Gasteiger charge is 2.16. The third-order valence-electron chi connectivity index (χ3n) is 3.74. The first-order valence-electron chi connectivity index (χ1n) is 7.73. The maximum atomic E-state index is 11.8. The lowest BCUT2D eigenvalue weighted by Gasteiger charge is -2.15. The van der Waals surface area contributed by atoms with Crippen molar-refractivity contribution in [2.24, 2.45) is 0 Å². The standard InChI is InChI=1S/C17H24N2O2S2/c1-13(2)23(20,21)19-11-14(3)15-6-8-16(9-7-15)18-12-17-5-4-10-22-17/h4-10,13-14,18-19H,11-12H2,1-3H3. The van der Waals surface area contributed by atoms with E-state index >= 15 is 0 Å². The molecule has 0 bridgehead atoms. The molecule has 0 fully saturated rings. The second-order valence-electron chi connectivity index (χ2n) is 5.90. The Labute approximate surface area is 143 Å². The summed E-state index contributed by atoms with van der Waals surface area (Å²) in [5.74, 6) is 0.134. The normalized spacial score (nSPS) is 13.2. The lowest BCUT2D eigenvalue weighted by atomic mass is 10.0. The van der Waals surface area contributed by atoms with Gasteiger partial charge in [-0.15, -0.1) is 11.3 Å². The quantitative estimate of drug-likeness (QED) is 0.760. The molecule has 1 aromatic carbocycles. The van der Waals surface area contributed by atoms with Gasteiger partial charge in [0.05, 0.1) is 5.25 Å². The third kappa shape index (κ3) is 5.34. The molecule has 23 heavy (non-hydrogen) atoms. The van der Waals surface area contributed by atoms with Crippen LogP contribution < -0.4 is 10.0 Å². The second kappa shape index (κ2) is 7.95. The molecule has 0 radical (unpaired) electrons. The van der Waals surface area contributed by atoms with Crippen LogP contribution in [0.1, 0.15) is 37.1 Å². The van der Waals surface area contributed by atoms with Crippen LogP contribution in [0.2, 0.25) is 0 Å². The summed E-state index contributed by atoms with van der Waals surface area (Å²) in [7, 11) is -3.20. The van der Waals surface area contributed by atoms with E-state index in [0.29, 0.717) is 6.54 Å². The Bertz CT molecular complexity index is 693. The summed E-state index contributed by atoms with van der Waals surface area (Å²) >= 11 is 1.73. The van der Waals surface area contributed by atoms with E-state index in [0.717, 1.165) is 17.8 Å². The van der Waals surface area contributed by atoms with Gasteiger partial charge < -0.3 is 5.32 Å². The maximum Gasteiger partial charge on any atom is 0.213 e. The molecule has 1 heterocycles. The zero-order chi connectivity index (χ0) is 16.9. The summed E-state index contributed by atoms with van der Waals surface area (Å²) in [5, 5.41) is 5.05. The summed E-state index contributed by atoms with van der Waals surface area (Å²) in [6.07, 6.45) is 0. The highest BCUT2D eigenvalue weighted by Crippen LogP contribution is 2.19. The Hall–Kier alpha value is -1.37. The topological polar surface area (TPSA) is 58.2 Å². The van der Waals surface area contributed by atoms with Gasteiger partial charge in [-0.05, 0) is 48.9 Å². The molecule has 0 aliphatic carbocycles. The van der Waals surface area contributed by atoms with Crippen LogP contribution in [0.15, 0.2) is 41.8 Å². The summed E-state index contributed by atoms with van der Waals surface area (Å²) < 4.78 is 26.3. The van der Waals surface area contributed by atoms with Crippen molar-refractivity contribution in [3.8, 4) is 0 Å². The summed E-state index contributed by atoms with van der Waals surface area (Å²) in [6, 6.07) is 12.3. The molecule has 0 aliphatic heterocycles. The lowest BCUT2D eigenvalue weighted by Crippen LogP contribution is -2.33. The average molecular weight is 353 g/mol. The van der Waals surface area contributed by atoms with Crippen molar-refractivity contribution in [1.82, 2.24) is 4.72 Å². The molecular weight excluding hydrogens is 328 g/mol. The summed E-state index contributed by atoms with van der Waals surface area (Å²) in [4.78, 5) is 1.30. The second-order valence-corrected chi connectivity index (χ2v) is 9.25. The van der Waals surface area contributed by atoms with Crippen molar-refractivity contribution in [3.05, 3.63) is 52.2 Å². The van der Waals surface area contributed by atoms with Gasteiger partial charge in [0.15, 0.2) is 0 Å². The molecule has 6 heteroatoms. The minimum Gasteiger partial charge on any atom is -0.380 e. The average Bonchev–Trinajstić information content (AvgIpc) is 3.04. The molecule has 0 saturated heterocycles. The van der Waals surface area contributed by atoms with Crippen LogP contribution in [0.25, 0.3) is 0 Å². The SMILES string of the molecule is CC(CNS(=O)(=O)C(C)C)c1ccc(NCc2cccs2)cc1. The van der Waals surface area contributed by atoms with Gasteiger partial charge in [-0.3, -0.25) is 0 Å². The van der Waals surface area contributed by atoms with E-state index < -0.39 is 15.3 Å². The molecule has 1 atom stereocenters. The zero-order valence-electron chi connectivity index (χ0n) is 13.7. The molecular formula is C17H24N2O2S2. The van der Waals surface area contributed by atoms with Gasteiger partial charge in [0.25, 0.3) is 0 Å². The molecule has 126 valence electrons. The largest absolute Gasteiger partial charge is 0.380 e. The number of sulfonamides is 1. The van der Waals surface area contributed by atoms with Gasteiger partial charge in [0.1, 0.15) is 0 Å². The molecule has 1 aromatic heterocycles. The van der Waals surface area contributed by atoms with E-state index in [2.05, 4.69) is 21.5 Å². The smallest absolute Gasteiger partial charge is 0.213 e. The van der Waals surface area contributed by atoms with Crippen LogP contribution in [0, 0.1) is 0 Å². The van der Waals surface area contributed by atoms with Crippen molar-refractivity contribution in [1.29, 1.82) is 0 Å². The fourth-order valence-electron chi connectivity index (χ4n) is 2.06. The molecule has 4 nitrogen and oxygen atoms in total. The third-order valence-corrected chi connectivity index (χ3v) is 6.42. The Morgan fingerprint density at radius 1 is 1.09 bits per heavy atom. The highest BCUT2D eigenvalue weighted by atomic mass is 32.2. The van der Waals surface area contributed by atoms with Crippen LogP contribution >= 0.6 is 11.3 Å². The zero-order valence-corrected chi connectivity index (χ0v) is 15.4. The molecule has 2 N–H and O–H groups in total. The van der Waals surface area contributed by atoms with Crippen molar-refractivity contribution in [3.63, 3.8) is 0 Å². The molecule has 2 aromatic rings. The van der Waals surface area contributed by atoms with Gasteiger partial charge in [-0.1, -0.05) is 25.1 Å². The number of anilines is 1. The van der Waals surface area contributed by atoms with Crippen LogP contribution in [0.4, 0.5) is 5.69 Å². The number of nitrogens with one attached hydrogen (secondary N) is 2. The van der Waals surface area contributed by atoms with Crippen LogP contribution in [-0.4, -0.2) is 20.2 Å². The Kier molecular flexibility index (Phi) is 6.21. The molecule has 0 amide bonds. The molecule has 2 rings (SSSR count). The van der Waals surface area contributed by atoms with E-state index in [4.69, 9.17) is 0 Å². The van der Waals surface area contributed by atoms with Crippen molar-refractivity contribution < 1.29 is 8.42 Å². The van der Waals surface area contributed by atoms with Crippen molar-refractivity contribution in [2.75, 3.05) is 11.9 Å². The molecule has 0 aliphatic rings. The van der Waals surface area contributed by atoms with E-state index in [1.54, 1.807) is 25.2 Å². The number of thiophene rings is 1. The summed E-state index contributed by atoms with van der Waals surface area (Å²) in [6.45, 7) is 6.63. The lowest BCUT2D eigenvalue weighted by molar-refractivity contribution is 0.566. The van der Waals surface area contributed by atoms with Crippen molar-refractivity contribution >= 4 is 27.0 Å². The van der Waals surface area contributed by atoms with Gasteiger partial charge in [0.2, 0.25) is 10.0 Å². The van der Waals surface area contributed by atoms with Gasteiger partial charge in [-0.2, -0.15) is 0 Å². The highest BCUT2D eigenvalue weighted by molar-refractivity contribution is 7.90. The van der Waals surface area contributed by atoms with E-state index in [9.17, 15) is 8.42 Å². The van der Waals surface area contributed by atoms with Gasteiger partial charge in [0, 0.05) is 23.7 Å². The van der Waals surface area contributed by atoms with Gasteiger partial charge >= 0.3 is 0 Å². The van der Waals surface area contributed by atoms with E-state index in [-0.39, 0.29) is 5.92 Å². The number of benzene rings is 1. The first kappa shape index (κ1) is 18.0. The Morgan fingerprint density at radius 2 is 1.78 bits per heavy atom. The fraction of sp³-hybridized carbons (Fsp3) is 0.412. The number of rotatable bonds is 8. The Morgan fingerprint density at radius 3 is 2.35 bits per heavy atom. The van der Waals surface area contributed by atoms with E-state index in [1.807, 2.05) is 37.3 Å². The van der Waals surface area contributed by atoms with Crippen LogP contribution in [-0.2, 0) is 16.6 Å². The number of hydrogen-bond acceptors (Lipinski definition) is 4. The Balaban J connectivity index is 1.88. The molecule has 1 unspecified atom stereocenters. The van der Waals surface area contributed by atoms with Crippen molar-refractivity contribution in [2.45, 2.75) is 38.5 Å². The molecule has 0 spiro atoms. The predicted octanol–water partition coefficient (Wildman–Crippen LogP) is 3.79. The minimum absolute atomic E-state index is 0.134. The molecule has 0 saturated carbocycles. The van der Waals surface area contributed by atoms with Crippen LogP contribution in [0.3, 0.4) is 0 Å². The monoisotopic (exact) mass is 352 g/mol. The first-order valence-corrected chi connectivity index (χ1v) is 10.2. The van der Waals surface area contributed by atoms with Crippen LogP contribution in [0.5, 0.6) is 0 Å². The number of hydrogen-bond donors (Lipinski definition) is 2. The fourth-order valence-corrected chi connectivity index (χ4v) is 3.52. The first-order chi connectivity index (χ1) is 10.9. The van der Waals surface area contributed by atoms with E-state index in [1.165, 1.54) is 4.88 Å².